The molecule has 17 heavy (non-hydrogen) atoms. The molecule has 0 radical (unpaired) electrons. The van der Waals surface area contributed by atoms with Crippen molar-refractivity contribution in [3.05, 3.63) is 0 Å². The van der Waals surface area contributed by atoms with Crippen LogP contribution < -0.4 is 0 Å². The number of aliphatic hydroxyl groups excluding tert-OH is 1. The van der Waals surface area contributed by atoms with E-state index in [0.29, 0.717) is 6.42 Å². The summed E-state index contributed by atoms with van der Waals surface area (Å²) in [6, 6.07) is 0. The lowest BCUT2D eigenvalue weighted by Gasteiger charge is -2.15. The zero-order chi connectivity index (χ0) is 13.3. The van der Waals surface area contributed by atoms with E-state index in [-0.39, 0.29) is 0 Å². The first-order valence-corrected chi connectivity index (χ1v) is 8.04. The maximum atomic E-state index is 10.7. The van der Waals surface area contributed by atoms with Crippen molar-refractivity contribution in [1.29, 1.82) is 0 Å². The third-order valence-corrected chi connectivity index (χ3v) is 4.13. The van der Waals surface area contributed by atoms with Gasteiger partial charge in [-0.15, -0.1) is 0 Å². The van der Waals surface area contributed by atoms with Crippen LogP contribution in [0.3, 0.4) is 0 Å². The fraction of sp³-hybridized carbons (Fsp3) is 1.00. The van der Waals surface area contributed by atoms with Gasteiger partial charge < -0.3 is 5.11 Å². The van der Waals surface area contributed by atoms with Gasteiger partial charge in [0, 0.05) is 0 Å². The lowest BCUT2D eigenvalue weighted by Crippen LogP contribution is -2.27. The van der Waals surface area contributed by atoms with Crippen LogP contribution in [0.15, 0.2) is 0 Å². The Balaban J connectivity index is 3.55. The van der Waals surface area contributed by atoms with Crippen molar-refractivity contribution in [2.45, 2.75) is 70.7 Å². The van der Waals surface area contributed by atoms with Crippen LogP contribution in [0.2, 0.25) is 0 Å². The Morgan fingerprint density at radius 2 is 1.47 bits per heavy atom. The number of hydrogen-bond donors (Lipinski definition) is 2. The van der Waals surface area contributed by atoms with Crippen molar-refractivity contribution >= 4 is 10.1 Å². The Morgan fingerprint density at radius 1 is 1.00 bits per heavy atom. The van der Waals surface area contributed by atoms with Crippen LogP contribution in [0.25, 0.3) is 0 Å². The molecule has 4 nitrogen and oxygen atoms in total. The molecule has 0 saturated carbocycles. The maximum Gasteiger partial charge on any atom is 0.292 e. The van der Waals surface area contributed by atoms with Crippen molar-refractivity contribution in [3.8, 4) is 0 Å². The molecule has 0 aromatic heterocycles. The molecule has 0 aromatic rings. The van der Waals surface area contributed by atoms with Gasteiger partial charge in [-0.05, 0) is 12.3 Å². The second kappa shape index (κ2) is 8.89. The van der Waals surface area contributed by atoms with Gasteiger partial charge in [0.25, 0.3) is 10.1 Å². The van der Waals surface area contributed by atoms with Gasteiger partial charge in [0.2, 0.25) is 0 Å². The van der Waals surface area contributed by atoms with Gasteiger partial charge in [-0.3, -0.25) is 4.55 Å². The van der Waals surface area contributed by atoms with Crippen molar-refractivity contribution in [3.63, 3.8) is 0 Å². The van der Waals surface area contributed by atoms with Gasteiger partial charge >= 0.3 is 0 Å². The van der Waals surface area contributed by atoms with Crippen LogP contribution in [0.5, 0.6) is 0 Å². The molecule has 0 heterocycles. The molecule has 2 atom stereocenters. The SMILES string of the molecule is CCCCCCCCCC(C)C(O)S(=O)(=O)O. The molecule has 0 bridgehead atoms. The normalized spacial score (nSPS) is 15.8. The van der Waals surface area contributed by atoms with E-state index < -0.39 is 21.5 Å². The van der Waals surface area contributed by atoms with Crippen molar-refractivity contribution in [2.75, 3.05) is 0 Å². The van der Waals surface area contributed by atoms with Crippen LogP contribution in [0.1, 0.15) is 65.2 Å². The van der Waals surface area contributed by atoms with Gasteiger partial charge in [-0.25, -0.2) is 0 Å². The summed E-state index contributed by atoms with van der Waals surface area (Å²) >= 11 is 0. The first kappa shape index (κ1) is 16.9. The van der Waals surface area contributed by atoms with Gasteiger partial charge in [-0.1, -0.05) is 58.8 Å². The predicted molar refractivity (Wildman–Crippen MR) is 69.3 cm³/mol. The zero-order valence-electron chi connectivity index (χ0n) is 10.9. The van der Waals surface area contributed by atoms with E-state index in [9.17, 15) is 13.5 Å². The highest BCUT2D eigenvalue weighted by Gasteiger charge is 2.25. The second-order valence-corrected chi connectivity index (χ2v) is 6.31. The molecule has 0 aliphatic rings. The van der Waals surface area contributed by atoms with Crippen LogP contribution in [-0.2, 0) is 10.1 Å². The summed E-state index contributed by atoms with van der Waals surface area (Å²) in [7, 11) is -4.30. The molecular formula is C12H26O4S. The number of aliphatic hydroxyl groups is 1. The molecule has 0 saturated heterocycles. The van der Waals surface area contributed by atoms with E-state index in [1.54, 1.807) is 6.92 Å². The molecule has 0 amide bonds. The summed E-state index contributed by atoms with van der Waals surface area (Å²) in [6.45, 7) is 3.83. The first-order chi connectivity index (χ1) is 7.89. The zero-order valence-corrected chi connectivity index (χ0v) is 11.7. The van der Waals surface area contributed by atoms with Crippen LogP contribution in [0, 0.1) is 5.92 Å². The fourth-order valence-corrected chi connectivity index (χ4v) is 2.58. The highest BCUT2D eigenvalue weighted by atomic mass is 32.2. The Labute approximate surface area is 105 Å². The molecule has 0 rings (SSSR count). The summed E-state index contributed by atoms with van der Waals surface area (Å²) in [5.74, 6) is -0.402. The van der Waals surface area contributed by atoms with E-state index in [1.165, 1.54) is 25.7 Å². The third-order valence-electron chi connectivity index (χ3n) is 3.05. The van der Waals surface area contributed by atoms with Gasteiger partial charge in [0.15, 0.2) is 5.44 Å². The van der Waals surface area contributed by atoms with Crippen molar-refractivity contribution in [1.82, 2.24) is 0 Å². The summed E-state index contributed by atoms with van der Waals surface area (Å²) in [4.78, 5) is 0. The molecule has 0 aromatic carbocycles. The summed E-state index contributed by atoms with van der Waals surface area (Å²) in [6.07, 6.45) is 8.76. The maximum absolute atomic E-state index is 10.7. The Hall–Kier alpha value is -0.130. The lowest BCUT2D eigenvalue weighted by atomic mass is 10.0. The highest BCUT2D eigenvalue weighted by molar-refractivity contribution is 7.86. The quantitative estimate of drug-likeness (QED) is 0.471. The topological polar surface area (TPSA) is 74.6 Å². The Morgan fingerprint density at radius 3 is 1.94 bits per heavy atom. The number of unbranched alkanes of at least 4 members (excludes halogenated alkanes) is 6. The first-order valence-electron chi connectivity index (χ1n) is 6.54. The molecule has 0 spiro atoms. The van der Waals surface area contributed by atoms with Gasteiger partial charge in [-0.2, -0.15) is 8.42 Å². The minimum atomic E-state index is -4.30. The van der Waals surface area contributed by atoms with E-state index in [2.05, 4.69) is 6.92 Å². The van der Waals surface area contributed by atoms with E-state index in [1.807, 2.05) is 0 Å². The molecule has 104 valence electrons. The molecule has 5 heteroatoms. The van der Waals surface area contributed by atoms with Crippen LogP contribution in [0.4, 0.5) is 0 Å². The van der Waals surface area contributed by atoms with Gasteiger partial charge in [0.1, 0.15) is 0 Å². The minimum Gasteiger partial charge on any atom is -0.375 e. The van der Waals surface area contributed by atoms with Crippen molar-refractivity contribution < 1.29 is 18.1 Å². The second-order valence-electron chi connectivity index (χ2n) is 4.79. The van der Waals surface area contributed by atoms with Crippen LogP contribution in [-0.4, -0.2) is 23.5 Å². The minimum absolute atomic E-state index is 0.402. The summed E-state index contributed by atoms with van der Waals surface area (Å²) in [5, 5.41) is 9.29. The van der Waals surface area contributed by atoms with Crippen LogP contribution >= 0.6 is 0 Å². The molecule has 0 aliphatic carbocycles. The number of hydrogen-bond acceptors (Lipinski definition) is 3. The average Bonchev–Trinajstić information content (AvgIpc) is 2.25. The lowest BCUT2D eigenvalue weighted by molar-refractivity contribution is 0.169. The fourth-order valence-electron chi connectivity index (χ4n) is 1.86. The monoisotopic (exact) mass is 266 g/mol. The Bertz CT molecular complexity index is 274. The van der Waals surface area contributed by atoms with E-state index >= 15 is 0 Å². The largest absolute Gasteiger partial charge is 0.375 e. The third kappa shape index (κ3) is 8.57. The molecule has 2 N–H and O–H groups in total. The number of rotatable bonds is 10. The average molecular weight is 266 g/mol. The predicted octanol–water partition coefficient (Wildman–Crippen LogP) is 2.97. The molecule has 2 unspecified atom stereocenters. The molecule has 0 aliphatic heterocycles. The van der Waals surface area contributed by atoms with Gasteiger partial charge in [0.05, 0.1) is 0 Å². The Kier molecular flexibility index (Phi) is 8.82. The smallest absolute Gasteiger partial charge is 0.292 e. The van der Waals surface area contributed by atoms with E-state index in [0.717, 1.165) is 19.3 Å². The standard InChI is InChI=1S/C12H26O4S/c1-3-4-5-6-7-8-9-10-11(2)12(13)17(14,15)16/h11-13H,3-10H2,1-2H3,(H,14,15,16). The van der Waals surface area contributed by atoms with E-state index in [4.69, 9.17) is 4.55 Å². The van der Waals surface area contributed by atoms with Crippen molar-refractivity contribution in [2.24, 2.45) is 5.92 Å². The summed E-state index contributed by atoms with van der Waals surface area (Å²) in [5.41, 5.74) is -1.64. The molecular weight excluding hydrogens is 240 g/mol. The summed E-state index contributed by atoms with van der Waals surface area (Å²) < 4.78 is 30.0. The molecule has 0 fully saturated rings. The highest BCUT2D eigenvalue weighted by Crippen LogP contribution is 2.17.